The van der Waals surface area contributed by atoms with Crippen LogP contribution in [-0.4, -0.2) is 15.0 Å². The summed E-state index contributed by atoms with van der Waals surface area (Å²) in [5, 5.41) is 3.29. The van der Waals surface area contributed by atoms with Crippen molar-refractivity contribution in [1.82, 2.24) is 15.0 Å². The third kappa shape index (κ3) is 2.53. The highest BCUT2D eigenvalue weighted by Crippen LogP contribution is 2.12. The van der Waals surface area contributed by atoms with Crippen LogP contribution in [-0.2, 0) is 13.0 Å². The Bertz CT molecular complexity index is 442. The fraction of sp³-hybridized carbons (Fsp3) is 0.250. The molecule has 4 nitrogen and oxygen atoms in total. The molecule has 0 amide bonds. The maximum Gasteiger partial charge on any atom is 0.129 e. The van der Waals surface area contributed by atoms with Gasteiger partial charge in [0.1, 0.15) is 12.1 Å². The summed E-state index contributed by atoms with van der Waals surface area (Å²) in [6.45, 7) is 2.82. The summed E-state index contributed by atoms with van der Waals surface area (Å²) >= 11 is 0. The maximum absolute atomic E-state index is 4.31. The van der Waals surface area contributed by atoms with Crippen LogP contribution in [0.5, 0.6) is 0 Å². The Kier molecular flexibility index (Phi) is 3.43. The van der Waals surface area contributed by atoms with E-state index < -0.39 is 0 Å². The van der Waals surface area contributed by atoms with Gasteiger partial charge in [-0.05, 0) is 18.1 Å². The first kappa shape index (κ1) is 10.5. The Balaban J connectivity index is 2.05. The zero-order valence-electron chi connectivity index (χ0n) is 9.22. The summed E-state index contributed by atoms with van der Waals surface area (Å²) in [6, 6.07) is 4.03. The Morgan fingerprint density at radius 2 is 2.06 bits per heavy atom. The summed E-state index contributed by atoms with van der Waals surface area (Å²) in [7, 11) is 0. The summed E-state index contributed by atoms with van der Waals surface area (Å²) in [6.07, 6.45) is 7.90. The van der Waals surface area contributed by atoms with E-state index in [1.165, 1.54) is 11.9 Å². The second-order valence-electron chi connectivity index (χ2n) is 3.46. The second kappa shape index (κ2) is 5.21. The van der Waals surface area contributed by atoms with Crippen molar-refractivity contribution in [3.63, 3.8) is 0 Å². The number of aryl methyl sites for hydroxylation is 1. The highest BCUT2D eigenvalue weighted by Gasteiger charge is 2.00. The van der Waals surface area contributed by atoms with Crippen molar-refractivity contribution in [2.45, 2.75) is 19.9 Å². The maximum atomic E-state index is 4.31. The molecule has 82 valence electrons. The van der Waals surface area contributed by atoms with Crippen LogP contribution < -0.4 is 5.32 Å². The molecule has 0 bridgehead atoms. The summed E-state index contributed by atoms with van der Waals surface area (Å²) in [4.78, 5) is 12.2. The average molecular weight is 214 g/mol. The van der Waals surface area contributed by atoms with Crippen molar-refractivity contribution < 1.29 is 0 Å². The quantitative estimate of drug-likeness (QED) is 0.846. The van der Waals surface area contributed by atoms with Gasteiger partial charge in [0.25, 0.3) is 0 Å². The van der Waals surface area contributed by atoms with Gasteiger partial charge in [-0.25, -0.2) is 15.0 Å². The third-order valence-electron chi connectivity index (χ3n) is 2.35. The fourth-order valence-corrected chi connectivity index (χ4v) is 1.49. The molecule has 2 heterocycles. The average Bonchev–Trinajstić information content (AvgIpc) is 2.38. The van der Waals surface area contributed by atoms with E-state index in [4.69, 9.17) is 0 Å². The molecule has 0 aliphatic rings. The molecule has 0 aliphatic heterocycles. The van der Waals surface area contributed by atoms with Gasteiger partial charge in [0.2, 0.25) is 0 Å². The van der Waals surface area contributed by atoms with Gasteiger partial charge in [-0.2, -0.15) is 0 Å². The number of rotatable bonds is 4. The van der Waals surface area contributed by atoms with E-state index in [1.54, 1.807) is 18.6 Å². The molecular weight excluding hydrogens is 200 g/mol. The van der Waals surface area contributed by atoms with E-state index in [-0.39, 0.29) is 0 Å². The number of pyridine rings is 1. The summed E-state index contributed by atoms with van der Waals surface area (Å²) in [5.41, 5.74) is 2.27. The first-order chi connectivity index (χ1) is 7.90. The lowest BCUT2D eigenvalue weighted by Gasteiger charge is -2.08. The monoisotopic (exact) mass is 214 g/mol. The fourth-order valence-electron chi connectivity index (χ4n) is 1.49. The van der Waals surface area contributed by atoms with E-state index in [9.17, 15) is 0 Å². The number of hydrogen-bond acceptors (Lipinski definition) is 4. The van der Waals surface area contributed by atoms with Crippen molar-refractivity contribution in [3.05, 3.63) is 48.2 Å². The molecule has 0 aliphatic carbocycles. The molecular formula is C12H14N4. The van der Waals surface area contributed by atoms with E-state index in [2.05, 4.69) is 33.3 Å². The molecule has 0 atom stereocenters. The predicted molar refractivity (Wildman–Crippen MR) is 63.0 cm³/mol. The van der Waals surface area contributed by atoms with Gasteiger partial charge in [-0.3, -0.25) is 0 Å². The van der Waals surface area contributed by atoms with Gasteiger partial charge in [-0.1, -0.05) is 13.0 Å². The van der Waals surface area contributed by atoms with Crippen LogP contribution in [0.3, 0.4) is 0 Å². The van der Waals surface area contributed by atoms with Crippen molar-refractivity contribution in [3.8, 4) is 0 Å². The largest absolute Gasteiger partial charge is 0.366 e. The van der Waals surface area contributed by atoms with Gasteiger partial charge in [0, 0.05) is 30.7 Å². The topological polar surface area (TPSA) is 50.7 Å². The molecule has 0 unspecified atom stereocenters. The van der Waals surface area contributed by atoms with Crippen LogP contribution in [0.4, 0.5) is 5.82 Å². The summed E-state index contributed by atoms with van der Waals surface area (Å²) in [5.74, 6) is 0.939. The number of nitrogens with zero attached hydrogens (tertiary/aromatic N) is 3. The molecule has 16 heavy (non-hydrogen) atoms. The summed E-state index contributed by atoms with van der Waals surface area (Å²) < 4.78 is 0. The van der Waals surface area contributed by atoms with Crippen LogP contribution in [0.15, 0.2) is 37.1 Å². The zero-order chi connectivity index (χ0) is 11.2. The van der Waals surface area contributed by atoms with Gasteiger partial charge in [0.15, 0.2) is 0 Å². The molecule has 2 aromatic rings. The standard InChI is InChI=1S/C12H14N4/c1-2-11-4-3-5-15-12(11)16-8-10-6-13-9-14-7-10/h3-7,9H,2,8H2,1H3,(H,15,16). The van der Waals surface area contributed by atoms with Gasteiger partial charge in [-0.15, -0.1) is 0 Å². The van der Waals surface area contributed by atoms with Crippen molar-refractivity contribution >= 4 is 5.82 Å². The Labute approximate surface area is 94.8 Å². The van der Waals surface area contributed by atoms with Crippen molar-refractivity contribution in [2.75, 3.05) is 5.32 Å². The lowest BCUT2D eigenvalue weighted by molar-refractivity contribution is 1.02. The minimum atomic E-state index is 0.699. The molecule has 1 N–H and O–H groups in total. The van der Waals surface area contributed by atoms with Gasteiger partial charge >= 0.3 is 0 Å². The van der Waals surface area contributed by atoms with Gasteiger partial charge < -0.3 is 5.32 Å². The van der Waals surface area contributed by atoms with Crippen LogP contribution in [0, 0.1) is 0 Å². The zero-order valence-corrected chi connectivity index (χ0v) is 9.22. The SMILES string of the molecule is CCc1cccnc1NCc1cncnc1. The van der Waals surface area contributed by atoms with Crippen LogP contribution in [0.1, 0.15) is 18.1 Å². The second-order valence-corrected chi connectivity index (χ2v) is 3.46. The normalized spacial score (nSPS) is 10.1. The molecule has 0 radical (unpaired) electrons. The van der Waals surface area contributed by atoms with E-state index in [1.807, 2.05) is 6.07 Å². The van der Waals surface area contributed by atoms with E-state index in [0.29, 0.717) is 6.54 Å². The highest BCUT2D eigenvalue weighted by atomic mass is 15.0. The predicted octanol–water partition coefficient (Wildman–Crippen LogP) is 2.05. The van der Waals surface area contributed by atoms with Crippen LogP contribution in [0.2, 0.25) is 0 Å². The minimum absolute atomic E-state index is 0.699. The lowest BCUT2D eigenvalue weighted by atomic mass is 10.2. The van der Waals surface area contributed by atoms with Crippen molar-refractivity contribution in [1.29, 1.82) is 0 Å². The molecule has 0 spiro atoms. The molecule has 0 fully saturated rings. The molecule has 0 saturated heterocycles. The minimum Gasteiger partial charge on any atom is -0.366 e. The molecule has 2 rings (SSSR count). The third-order valence-corrected chi connectivity index (χ3v) is 2.35. The Morgan fingerprint density at radius 1 is 1.25 bits per heavy atom. The Hall–Kier alpha value is -1.97. The smallest absolute Gasteiger partial charge is 0.129 e. The van der Waals surface area contributed by atoms with Crippen LogP contribution in [0.25, 0.3) is 0 Å². The lowest BCUT2D eigenvalue weighted by Crippen LogP contribution is -2.04. The van der Waals surface area contributed by atoms with Gasteiger partial charge in [0.05, 0.1) is 0 Å². The van der Waals surface area contributed by atoms with Crippen LogP contribution >= 0.6 is 0 Å². The van der Waals surface area contributed by atoms with Crippen molar-refractivity contribution in [2.24, 2.45) is 0 Å². The number of aromatic nitrogens is 3. The molecule has 2 aromatic heterocycles. The Morgan fingerprint density at radius 3 is 2.81 bits per heavy atom. The number of nitrogens with one attached hydrogen (secondary N) is 1. The highest BCUT2D eigenvalue weighted by molar-refractivity contribution is 5.43. The number of hydrogen-bond donors (Lipinski definition) is 1. The first-order valence-electron chi connectivity index (χ1n) is 5.32. The van der Waals surface area contributed by atoms with E-state index >= 15 is 0 Å². The molecule has 0 saturated carbocycles. The molecule has 0 aromatic carbocycles. The number of anilines is 1. The van der Waals surface area contributed by atoms with E-state index in [0.717, 1.165) is 17.8 Å². The molecule has 4 heteroatoms. The first-order valence-corrected chi connectivity index (χ1v) is 5.32.